The van der Waals surface area contributed by atoms with Crippen molar-refractivity contribution in [3.05, 3.63) is 71.1 Å². The minimum atomic E-state index is -0.550. The number of rotatable bonds is 6. The number of pyridine rings is 1. The summed E-state index contributed by atoms with van der Waals surface area (Å²) < 4.78 is 5.62. The minimum absolute atomic E-state index is 0.146. The summed E-state index contributed by atoms with van der Waals surface area (Å²) in [5.74, 6) is 0.538. The molecule has 1 atom stereocenters. The van der Waals surface area contributed by atoms with Gasteiger partial charge in [-0.15, -0.1) is 0 Å². The fraction of sp³-hybridized carbons (Fsp3) is 0.158. The van der Waals surface area contributed by atoms with Crippen LogP contribution in [0.5, 0.6) is 5.75 Å². The fourth-order valence-corrected chi connectivity index (χ4v) is 2.89. The molecular formula is C19H18N2O2S. The van der Waals surface area contributed by atoms with E-state index in [-0.39, 0.29) is 5.91 Å². The molecule has 0 aliphatic rings. The topological polar surface area (TPSA) is 51.2 Å². The van der Waals surface area contributed by atoms with Gasteiger partial charge in [-0.25, -0.2) is 0 Å². The molecule has 2 heterocycles. The molecule has 0 bridgehead atoms. The Morgan fingerprint density at radius 2 is 2.08 bits per heavy atom. The van der Waals surface area contributed by atoms with Crippen LogP contribution in [0, 0.1) is 0 Å². The molecule has 0 aliphatic heterocycles. The molecule has 1 amide bonds. The first-order valence-corrected chi connectivity index (χ1v) is 8.63. The van der Waals surface area contributed by atoms with Crippen molar-refractivity contribution >= 4 is 17.2 Å². The predicted octanol–water partition coefficient (Wildman–Crippen LogP) is 3.89. The number of benzene rings is 1. The fourth-order valence-electron chi connectivity index (χ4n) is 2.24. The van der Waals surface area contributed by atoms with Crippen LogP contribution >= 0.6 is 11.3 Å². The molecule has 0 aliphatic carbocycles. The number of thiophene rings is 1. The maximum absolute atomic E-state index is 12.2. The van der Waals surface area contributed by atoms with Crippen LogP contribution in [0.4, 0.5) is 0 Å². The van der Waals surface area contributed by atoms with Crippen LogP contribution in [-0.4, -0.2) is 17.0 Å². The molecule has 2 aromatic heterocycles. The lowest BCUT2D eigenvalue weighted by Gasteiger charge is -2.14. The van der Waals surface area contributed by atoms with Crippen molar-refractivity contribution in [2.45, 2.75) is 19.6 Å². The molecular weight excluding hydrogens is 320 g/mol. The average molecular weight is 338 g/mol. The van der Waals surface area contributed by atoms with Gasteiger partial charge in [0.2, 0.25) is 0 Å². The zero-order valence-corrected chi connectivity index (χ0v) is 14.1. The number of ether oxygens (including phenoxy) is 1. The lowest BCUT2D eigenvalue weighted by atomic mass is 10.1. The Hall–Kier alpha value is -2.66. The number of nitrogens with one attached hydrogen (secondary N) is 1. The van der Waals surface area contributed by atoms with E-state index in [1.54, 1.807) is 24.5 Å². The quantitative estimate of drug-likeness (QED) is 0.742. The van der Waals surface area contributed by atoms with Crippen molar-refractivity contribution in [3.63, 3.8) is 0 Å². The Balaban J connectivity index is 1.57. The maximum Gasteiger partial charge on any atom is 0.261 e. The van der Waals surface area contributed by atoms with Crippen LogP contribution in [0.15, 0.2) is 65.5 Å². The standard InChI is InChI=1S/C19H18N2O2S/c1-14(23-17-5-3-2-4-6-17)19(22)21-12-15-7-9-20-18(11-15)16-8-10-24-13-16/h2-11,13-14H,12H2,1H3,(H,21,22)/t14-/m1/s1. The molecule has 1 aromatic carbocycles. The number of hydrogen-bond acceptors (Lipinski definition) is 4. The summed E-state index contributed by atoms with van der Waals surface area (Å²) in [6.45, 7) is 2.19. The van der Waals surface area contributed by atoms with Gasteiger partial charge in [0.1, 0.15) is 5.75 Å². The SMILES string of the molecule is C[C@@H](Oc1ccccc1)C(=O)NCc1ccnc(-c2ccsc2)c1. The summed E-state index contributed by atoms with van der Waals surface area (Å²) >= 11 is 1.64. The zero-order valence-electron chi connectivity index (χ0n) is 13.3. The van der Waals surface area contributed by atoms with Crippen molar-refractivity contribution in [2.24, 2.45) is 0 Å². The van der Waals surface area contributed by atoms with Crippen LogP contribution in [0.2, 0.25) is 0 Å². The van der Waals surface area contributed by atoms with E-state index in [0.717, 1.165) is 16.8 Å². The summed E-state index contributed by atoms with van der Waals surface area (Å²) in [6.07, 6.45) is 1.21. The Morgan fingerprint density at radius 3 is 2.83 bits per heavy atom. The molecule has 0 unspecified atom stereocenters. The third-order valence-corrected chi connectivity index (χ3v) is 4.22. The van der Waals surface area contributed by atoms with Crippen molar-refractivity contribution in [2.75, 3.05) is 0 Å². The second-order valence-electron chi connectivity index (χ2n) is 5.35. The summed E-state index contributed by atoms with van der Waals surface area (Å²) in [5, 5.41) is 6.98. The molecule has 1 N–H and O–H groups in total. The summed E-state index contributed by atoms with van der Waals surface area (Å²) in [5.41, 5.74) is 3.01. The molecule has 122 valence electrons. The Bertz CT molecular complexity index is 788. The van der Waals surface area contributed by atoms with Gasteiger partial charge in [-0.05, 0) is 48.2 Å². The lowest BCUT2D eigenvalue weighted by molar-refractivity contribution is -0.127. The molecule has 0 radical (unpaired) electrons. The van der Waals surface area contributed by atoms with Gasteiger partial charge < -0.3 is 10.1 Å². The summed E-state index contributed by atoms with van der Waals surface area (Å²) in [4.78, 5) is 16.6. The van der Waals surface area contributed by atoms with E-state index in [9.17, 15) is 4.79 Å². The van der Waals surface area contributed by atoms with E-state index in [0.29, 0.717) is 12.3 Å². The zero-order chi connectivity index (χ0) is 16.8. The number of carbonyl (C=O) groups excluding carboxylic acids is 1. The van der Waals surface area contributed by atoms with Crippen LogP contribution in [0.25, 0.3) is 11.3 Å². The van der Waals surface area contributed by atoms with Gasteiger partial charge in [0, 0.05) is 23.7 Å². The third kappa shape index (κ3) is 4.20. The normalized spacial score (nSPS) is 11.7. The van der Waals surface area contributed by atoms with Gasteiger partial charge in [0.15, 0.2) is 6.10 Å². The van der Waals surface area contributed by atoms with Crippen LogP contribution < -0.4 is 10.1 Å². The van der Waals surface area contributed by atoms with E-state index < -0.39 is 6.10 Å². The van der Waals surface area contributed by atoms with Gasteiger partial charge in [0.05, 0.1) is 5.69 Å². The Morgan fingerprint density at radius 1 is 1.25 bits per heavy atom. The van der Waals surface area contributed by atoms with E-state index >= 15 is 0 Å². The molecule has 24 heavy (non-hydrogen) atoms. The number of nitrogens with zero attached hydrogens (tertiary/aromatic N) is 1. The molecule has 0 saturated carbocycles. The van der Waals surface area contributed by atoms with E-state index in [1.807, 2.05) is 53.9 Å². The minimum Gasteiger partial charge on any atom is -0.481 e. The lowest BCUT2D eigenvalue weighted by Crippen LogP contribution is -2.35. The van der Waals surface area contributed by atoms with Gasteiger partial charge in [-0.3, -0.25) is 9.78 Å². The number of para-hydroxylation sites is 1. The molecule has 0 spiro atoms. The Kier molecular flexibility index (Phi) is 5.23. The van der Waals surface area contributed by atoms with E-state index in [1.165, 1.54) is 0 Å². The monoisotopic (exact) mass is 338 g/mol. The predicted molar refractivity (Wildman–Crippen MR) is 95.9 cm³/mol. The van der Waals surface area contributed by atoms with Gasteiger partial charge >= 0.3 is 0 Å². The molecule has 3 rings (SSSR count). The highest BCUT2D eigenvalue weighted by Crippen LogP contribution is 2.20. The van der Waals surface area contributed by atoms with Crippen molar-refractivity contribution in [1.29, 1.82) is 0 Å². The van der Waals surface area contributed by atoms with Gasteiger partial charge in [-0.1, -0.05) is 18.2 Å². The number of aromatic nitrogens is 1. The highest BCUT2D eigenvalue weighted by Gasteiger charge is 2.14. The molecule has 5 heteroatoms. The first kappa shape index (κ1) is 16.2. The molecule has 4 nitrogen and oxygen atoms in total. The maximum atomic E-state index is 12.2. The number of hydrogen-bond donors (Lipinski definition) is 1. The van der Waals surface area contributed by atoms with Crippen molar-refractivity contribution in [1.82, 2.24) is 10.3 Å². The number of carbonyl (C=O) groups is 1. The third-order valence-electron chi connectivity index (χ3n) is 3.53. The number of amides is 1. The summed E-state index contributed by atoms with van der Waals surface area (Å²) in [7, 11) is 0. The Labute approximate surface area is 145 Å². The van der Waals surface area contributed by atoms with Crippen LogP contribution in [0.3, 0.4) is 0 Å². The van der Waals surface area contributed by atoms with E-state index in [4.69, 9.17) is 4.74 Å². The first-order valence-electron chi connectivity index (χ1n) is 7.69. The molecule has 0 saturated heterocycles. The van der Waals surface area contributed by atoms with Gasteiger partial charge in [-0.2, -0.15) is 11.3 Å². The van der Waals surface area contributed by atoms with E-state index in [2.05, 4.69) is 15.7 Å². The van der Waals surface area contributed by atoms with Crippen LogP contribution in [-0.2, 0) is 11.3 Å². The highest BCUT2D eigenvalue weighted by atomic mass is 32.1. The highest BCUT2D eigenvalue weighted by molar-refractivity contribution is 7.08. The largest absolute Gasteiger partial charge is 0.481 e. The van der Waals surface area contributed by atoms with Gasteiger partial charge in [0.25, 0.3) is 5.91 Å². The molecule has 0 fully saturated rings. The first-order chi connectivity index (χ1) is 11.7. The second kappa shape index (κ2) is 7.75. The van der Waals surface area contributed by atoms with Crippen molar-refractivity contribution in [3.8, 4) is 17.0 Å². The average Bonchev–Trinajstić information content (AvgIpc) is 3.15. The second-order valence-corrected chi connectivity index (χ2v) is 6.13. The van der Waals surface area contributed by atoms with Crippen molar-refractivity contribution < 1.29 is 9.53 Å². The smallest absolute Gasteiger partial charge is 0.261 e. The summed E-state index contributed by atoms with van der Waals surface area (Å²) in [6, 6.07) is 15.3. The van der Waals surface area contributed by atoms with Crippen LogP contribution in [0.1, 0.15) is 12.5 Å². The molecule has 3 aromatic rings.